The van der Waals surface area contributed by atoms with Crippen LogP contribution < -0.4 is 4.90 Å². The number of sulfonamides is 1. The zero-order valence-electron chi connectivity index (χ0n) is 23.0. The molecule has 206 valence electrons. The Hall–Kier alpha value is -3.89. The van der Waals surface area contributed by atoms with Gasteiger partial charge in [0.25, 0.3) is 0 Å². The van der Waals surface area contributed by atoms with Crippen LogP contribution in [0.15, 0.2) is 71.8 Å². The molecule has 4 heterocycles. The highest BCUT2D eigenvalue weighted by Crippen LogP contribution is 2.31. The summed E-state index contributed by atoms with van der Waals surface area (Å²) in [5.41, 5.74) is 3.07. The first kappa shape index (κ1) is 26.3. The molecule has 1 saturated heterocycles. The minimum Gasteiger partial charge on any atom is -0.355 e. The van der Waals surface area contributed by atoms with E-state index in [4.69, 9.17) is 15.1 Å². The topological polar surface area (TPSA) is 97.1 Å². The van der Waals surface area contributed by atoms with Gasteiger partial charge in [0.05, 0.1) is 22.3 Å². The molecule has 0 saturated carbocycles. The lowest BCUT2D eigenvalue weighted by atomic mass is 10.1. The molecule has 0 amide bonds. The molecule has 1 fully saturated rings. The Morgan fingerprint density at radius 2 is 1.70 bits per heavy atom. The molecule has 5 aromatic rings. The van der Waals surface area contributed by atoms with E-state index in [0.29, 0.717) is 44.0 Å². The van der Waals surface area contributed by atoms with Crippen molar-refractivity contribution in [3.05, 3.63) is 78.4 Å². The molecule has 0 aliphatic carbocycles. The van der Waals surface area contributed by atoms with E-state index in [1.54, 1.807) is 22.6 Å². The van der Waals surface area contributed by atoms with Crippen LogP contribution in [0, 0.1) is 12.8 Å². The van der Waals surface area contributed by atoms with E-state index in [1.807, 2.05) is 60.1 Å². The van der Waals surface area contributed by atoms with Crippen LogP contribution in [0.3, 0.4) is 0 Å². The monoisotopic (exact) mass is 555 g/mol. The van der Waals surface area contributed by atoms with Gasteiger partial charge in [-0.25, -0.2) is 23.1 Å². The fraction of sp³-hybridized carbons (Fsp3) is 0.333. The van der Waals surface area contributed by atoms with Crippen LogP contribution in [0.25, 0.3) is 27.6 Å². The van der Waals surface area contributed by atoms with Crippen molar-refractivity contribution in [3.8, 4) is 5.69 Å². The third kappa shape index (κ3) is 4.82. The second kappa shape index (κ2) is 10.6. The smallest absolute Gasteiger partial charge is 0.245 e. The second-order valence-electron chi connectivity index (χ2n) is 10.7. The highest BCUT2D eigenvalue weighted by Gasteiger charge is 2.30. The fourth-order valence-electron chi connectivity index (χ4n) is 5.41. The molecule has 0 bridgehead atoms. The molecule has 0 atom stereocenters. The van der Waals surface area contributed by atoms with Crippen molar-refractivity contribution in [2.75, 3.05) is 31.1 Å². The number of aryl methyl sites for hydroxylation is 1. The molecular weight excluding hydrogens is 522 g/mol. The number of benzene rings is 2. The number of anilines is 1. The average molecular weight is 556 g/mol. The maximum Gasteiger partial charge on any atom is 0.245 e. The Morgan fingerprint density at radius 1 is 0.900 bits per heavy atom. The van der Waals surface area contributed by atoms with Crippen LogP contribution in [-0.4, -0.2) is 63.6 Å². The van der Waals surface area contributed by atoms with Gasteiger partial charge in [-0.2, -0.15) is 9.40 Å². The molecule has 1 aliphatic heterocycles. The molecule has 0 spiro atoms. The molecule has 0 unspecified atom stereocenters. The van der Waals surface area contributed by atoms with Gasteiger partial charge in [-0.15, -0.1) is 0 Å². The van der Waals surface area contributed by atoms with Gasteiger partial charge in [0.15, 0.2) is 5.65 Å². The summed E-state index contributed by atoms with van der Waals surface area (Å²) < 4.78 is 31.1. The van der Waals surface area contributed by atoms with Crippen LogP contribution in [0.1, 0.15) is 31.8 Å². The quantitative estimate of drug-likeness (QED) is 0.298. The lowest BCUT2D eigenvalue weighted by Crippen LogP contribution is -2.35. The number of para-hydroxylation sites is 2. The molecule has 2 aromatic carbocycles. The predicted molar refractivity (Wildman–Crippen MR) is 157 cm³/mol. The second-order valence-corrected chi connectivity index (χ2v) is 12.6. The summed E-state index contributed by atoms with van der Waals surface area (Å²) >= 11 is 0. The normalized spacial score (nSPS) is 15.2. The van der Waals surface area contributed by atoms with Gasteiger partial charge in [-0.05, 0) is 43.5 Å². The zero-order chi connectivity index (χ0) is 27.9. The van der Waals surface area contributed by atoms with Crippen molar-refractivity contribution in [1.29, 1.82) is 0 Å². The van der Waals surface area contributed by atoms with Gasteiger partial charge in [0.2, 0.25) is 10.0 Å². The molecule has 3 aromatic heterocycles. The van der Waals surface area contributed by atoms with Crippen molar-refractivity contribution >= 4 is 37.8 Å². The molecule has 1 aliphatic rings. The lowest BCUT2D eigenvalue weighted by molar-refractivity contribution is 0.433. The lowest BCUT2D eigenvalue weighted by Gasteiger charge is -2.24. The Labute approximate surface area is 234 Å². The summed E-state index contributed by atoms with van der Waals surface area (Å²) in [5, 5.41) is 6.58. The first-order valence-corrected chi connectivity index (χ1v) is 15.2. The first-order valence-electron chi connectivity index (χ1n) is 13.7. The van der Waals surface area contributed by atoms with E-state index in [9.17, 15) is 8.42 Å². The van der Waals surface area contributed by atoms with Gasteiger partial charge < -0.3 is 4.90 Å². The zero-order valence-corrected chi connectivity index (χ0v) is 23.8. The summed E-state index contributed by atoms with van der Waals surface area (Å²) in [5.74, 6) is 1.98. The highest BCUT2D eigenvalue weighted by molar-refractivity contribution is 7.89. The number of nitrogens with zero attached hydrogens (tertiary/aromatic N) is 7. The number of rotatable bonds is 6. The molecular formula is C30H33N7O2S. The van der Waals surface area contributed by atoms with Gasteiger partial charge in [-0.1, -0.05) is 50.2 Å². The van der Waals surface area contributed by atoms with Crippen molar-refractivity contribution in [2.24, 2.45) is 5.92 Å². The van der Waals surface area contributed by atoms with Crippen molar-refractivity contribution in [2.45, 2.75) is 38.5 Å². The molecule has 6 rings (SSSR count). The maximum atomic E-state index is 13.8. The van der Waals surface area contributed by atoms with E-state index < -0.39 is 10.0 Å². The molecule has 0 radical (unpaired) electrons. The standard InChI is InChI=1S/C30H33N7O2S/c1-21(2)20-26-32-29(27-22(3)34-37(30(27)33-26)24-12-5-4-6-13-24)35-16-9-17-36(19-18-35)40(38,39)25-14-7-10-23-11-8-15-31-28(23)25/h4-8,10-15,21H,9,16-20H2,1-3H3. The Balaban J connectivity index is 1.37. The molecule has 10 heteroatoms. The van der Waals surface area contributed by atoms with Crippen molar-refractivity contribution in [1.82, 2.24) is 29.0 Å². The minimum absolute atomic E-state index is 0.252. The van der Waals surface area contributed by atoms with Crippen LogP contribution in [-0.2, 0) is 16.4 Å². The predicted octanol–water partition coefficient (Wildman–Crippen LogP) is 4.77. The van der Waals surface area contributed by atoms with Crippen LogP contribution in [0.4, 0.5) is 5.82 Å². The van der Waals surface area contributed by atoms with E-state index in [-0.39, 0.29) is 4.90 Å². The number of hydrogen-bond donors (Lipinski definition) is 0. The van der Waals surface area contributed by atoms with Crippen molar-refractivity contribution in [3.63, 3.8) is 0 Å². The first-order chi connectivity index (χ1) is 19.3. The molecule has 9 nitrogen and oxygen atoms in total. The summed E-state index contributed by atoms with van der Waals surface area (Å²) in [6, 6.07) is 19.0. The average Bonchev–Trinajstić information content (AvgIpc) is 3.11. The number of hydrogen-bond acceptors (Lipinski definition) is 7. The SMILES string of the molecule is Cc1nn(-c2ccccc2)c2nc(CC(C)C)nc(N3CCCN(S(=O)(=O)c4cccc5cccnc45)CC3)c12. The van der Waals surface area contributed by atoms with Crippen LogP contribution >= 0.6 is 0 Å². The van der Waals surface area contributed by atoms with Gasteiger partial charge in [0, 0.05) is 44.2 Å². The van der Waals surface area contributed by atoms with E-state index in [2.05, 4.69) is 23.7 Å². The van der Waals surface area contributed by atoms with Crippen molar-refractivity contribution < 1.29 is 8.42 Å². The number of pyridine rings is 1. The Morgan fingerprint density at radius 3 is 2.50 bits per heavy atom. The number of fused-ring (bicyclic) bond motifs is 2. The summed E-state index contributed by atoms with van der Waals surface area (Å²) in [6.45, 7) is 8.27. The fourth-order valence-corrected chi connectivity index (χ4v) is 7.04. The maximum absolute atomic E-state index is 13.8. The Kier molecular flexibility index (Phi) is 6.97. The van der Waals surface area contributed by atoms with Gasteiger partial charge in [-0.3, -0.25) is 4.98 Å². The van der Waals surface area contributed by atoms with Gasteiger partial charge >= 0.3 is 0 Å². The highest BCUT2D eigenvalue weighted by atomic mass is 32.2. The summed E-state index contributed by atoms with van der Waals surface area (Å²) in [7, 11) is -3.73. The van der Waals surface area contributed by atoms with E-state index in [0.717, 1.165) is 45.9 Å². The largest absolute Gasteiger partial charge is 0.355 e. The summed E-state index contributed by atoms with van der Waals surface area (Å²) in [6.07, 6.45) is 3.05. The van der Waals surface area contributed by atoms with Gasteiger partial charge in [0.1, 0.15) is 16.5 Å². The molecule has 0 N–H and O–H groups in total. The van der Waals surface area contributed by atoms with E-state index in [1.165, 1.54) is 0 Å². The van der Waals surface area contributed by atoms with E-state index >= 15 is 0 Å². The molecule has 40 heavy (non-hydrogen) atoms. The summed E-state index contributed by atoms with van der Waals surface area (Å²) in [4.78, 5) is 16.9. The third-order valence-corrected chi connectivity index (χ3v) is 9.22. The minimum atomic E-state index is -3.73. The van der Waals surface area contributed by atoms with Crippen LogP contribution in [0.2, 0.25) is 0 Å². The Bertz CT molecular complexity index is 1780. The van der Waals surface area contributed by atoms with Crippen LogP contribution in [0.5, 0.6) is 0 Å². The number of aromatic nitrogens is 5. The third-order valence-electron chi connectivity index (χ3n) is 7.29.